The lowest BCUT2D eigenvalue weighted by molar-refractivity contribution is -0.129. The summed E-state index contributed by atoms with van der Waals surface area (Å²) in [5.41, 5.74) is 2.62. The smallest absolute Gasteiger partial charge is 0.237 e. The van der Waals surface area contributed by atoms with Crippen LogP contribution in [0.15, 0.2) is 24.3 Å². The monoisotopic (exact) mass is 223 g/mol. The van der Waals surface area contributed by atoms with Crippen molar-refractivity contribution in [3.8, 4) is 0 Å². The summed E-state index contributed by atoms with van der Waals surface area (Å²) >= 11 is 5.57. The Kier molecular flexibility index (Phi) is 3.27. The fraction of sp³-hybridized carbons (Fsp3) is 0.417. The van der Waals surface area contributed by atoms with Crippen LogP contribution in [0.3, 0.4) is 0 Å². The van der Waals surface area contributed by atoms with Gasteiger partial charge >= 0.3 is 0 Å². The summed E-state index contributed by atoms with van der Waals surface area (Å²) in [5.74, 6) is 0.121. The maximum absolute atomic E-state index is 11.5. The fourth-order valence-electron chi connectivity index (χ4n) is 2.00. The fourth-order valence-corrected chi connectivity index (χ4v) is 2.17. The maximum Gasteiger partial charge on any atom is 0.237 e. The molecule has 0 radical (unpaired) electrons. The first kappa shape index (κ1) is 10.5. The molecule has 1 aromatic rings. The molecule has 0 unspecified atom stereocenters. The van der Waals surface area contributed by atoms with E-state index in [1.165, 1.54) is 11.1 Å². The summed E-state index contributed by atoms with van der Waals surface area (Å²) < 4.78 is 0. The summed E-state index contributed by atoms with van der Waals surface area (Å²) in [6.07, 6.45) is 2.09. The number of aryl methyl sites for hydroxylation is 1. The van der Waals surface area contributed by atoms with Gasteiger partial charge in [-0.2, -0.15) is 0 Å². The zero-order chi connectivity index (χ0) is 10.7. The highest BCUT2D eigenvalue weighted by atomic mass is 35.5. The van der Waals surface area contributed by atoms with Crippen LogP contribution in [0.2, 0.25) is 0 Å². The number of benzene rings is 1. The first-order valence-electron chi connectivity index (χ1n) is 5.22. The van der Waals surface area contributed by atoms with Crippen molar-refractivity contribution in [1.82, 2.24) is 4.90 Å². The van der Waals surface area contributed by atoms with Crippen LogP contribution in [0, 0.1) is 0 Å². The summed E-state index contributed by atoms with van der Waals surface area (Å²) in [7, 11) is 0. The number of hydrogen-bond donors (Lipinski definition) is 0. The number of amides is 1. The Morgan fingerprint density at radius 1 is 1.33 bits per heavy atom. The molecular weight excluding hydrogens is 210 g/mol. The molecule has 3 heteroatoms. The number of alkyl halides is 1. The normalized spacial score (nSPS) is 15.7. The molecule has 0 atom stereocenters. The van der Waals surface area contributed by atoms with E-state index in [1.54, 1.807) is 0 Å². The Morgan fingerprint density at radius 3 is 2.80 bits per heavy atom. The Hall–Kier alpha value is -1.02. The van der Waals surface area contributed by atoms with E-state index < -0.39 is 0 Å². The summed E-state index contributed by atoms with van der Waals surface area (Å²) in [4.78, 5) is 13.4. The molecule has 15 heavy (non-hydrogen) atoms. The van der Waals surface area contributed by atoms with Gasteiger partial charge in [-0.25, -0.2) is 0 Å². The third kappa shape index (κ3) is 2.32. The van der Waals surface area contributed by atoms with Crippen LogP contribution in [-0.2, 0) is 17.8 Å². The zero-order valence-electron chi connectivity index (χ0n) is 8.58. The van der Waals surface area contributed by atoms with Gasteiger partial charge in [-0.3, -0.25) is 4.79 Å². The average Bonchev–Trinajstić information content (AvgIpc) is 2.49. The highest BCUT2D eigenvalue weighted by Gasteiger charge is 2.17. The van der Waals surface area contributed by atoms with E-state index in [-0.39, 0.29) is 11.8 Å². The van der Waals surface area contributed by atoms with Gasteiger partial charge in [-0.15, -0.1) is 11.6 Å². The molecule has 0 N–H and O–H groups in total. The average molecular weight is 224 g/mol. The third-order valence-corrected chi connectivity index (χ3v) is 3.05. The van der Waals surface area contributed by atoms with E-state index in [0.717, 1.165) is 19.4 Å². The molecule has 2 rings (SSSR count). The van der Waals surface area contributed by atoms with Gasteiger partial charge in [0.15, 0.2) is 0 Å². The lowest BCUT2D eigenvalue weighted by Crippen LogP contribution is -2.31. The van der Waals surface area contributed by atoms with E-state index in [4.69, 9.17) is 11.6 Å². The highest BCUT2D eigenvalue weighted by molar-refractivity contribution is 6.27. The van der Waals surface area contributed by atoms with Crippen molar-refractivity contribution in [2.75, 3.05) is 12.4 Å². The summed E-state index contributed by atoms with van der Waals surface area (Å²) in [5, 5.41) is 0. The Bertz CT molecular complexity index is 364. The molecule has 1 amide bonds. The van der Waals surface area contributed by atoms with E-state index >= 15 is 0 Å². The molecule has 0 fully saturated rings. The highest BCUT2D eigenvalue weighted by Crippen LogP contribution is 2.18. The van der Waals surface area contributed by atoms with Gasteiger partial charge < -0.3 is 4.90 Å². The minimum atomic E-state index is 0.0355. The SMILES string of the molecule is O=C(CCl)N1CCCc2ccccc2C1. The van der Waals surface area contributed by atoms with Crippen molar-refractivity contribution >= 4 is 17.5 Å². The first-order valence-corrected chi connectivity index (χ1v) is 5.75. The van der Waals surface area contributed by atoms with E-state index in [2.05, 4.69) is 18.2 Å². The van der Waals surface area contributed by atoms with Gasteiger partial charge in [0.1, 0.15) is 5.88 Å². The lowest BCUT2D eigenvalue weighted by Gasteiger charge is -2.19. The van der Waals surface area contributed by atoms with Gasteiger partial charge in [0, 0.05) is 13.1 Å². The minimum absolute atomic E-state index is 0.0355. The number of fused-ring (bicyclic) bond motifs is 1. The molecule has 0 saturated heterocycles. The second-order valence-corrected chi connectivity index (χ2v) is 4.09. The molecule has 0 bridgehead atoms. The third-order valence-electron chi connectivity index (χ3n) is 2.82. The van der Waals surface area contributed by atoms with Crippen molar-refractivity contribution in [3.63, 3.8) is 0 Å². The number of halogens is 1. The molecule has 0 spiro atoms. The van der Waals surface area contributed by atoms with Crippen molar-refractivity contribution in [3.05, 3.63) is 35.4 Å². The van der Waals surface area contributed by atoms with Crippen LogP contribution in [0.4, 0.5) is 0 Å². The van der Waals surface area contributed by atoms with Crippen molar-refractivity contribution in [2.45, 2.75) is 19.4 Å². The van der Waals surface area contributed by atoms with Crippen LogP contribution < -0.4 is 0 Å². The lowest BCUT2D eigenvalue weighted by atomic mass is 10.0. The van der Waals surface area contributed by atoms with Gasteiger partial charge in [0.05, 0.1) is 0 Å². The molecule has 1 heterocycles. The largest absolute Gasteiger partial charge is 0.337 e. The predicted molar refractivity (Wildman–Crippen MR) is 60.9 cm³/mol. The van der Waals surface area contributed by atoms with Crippen LogP contribution in [-0.4, -0.2) is 23.2 Å². The number of hydrogen-bond acceptors (Lipinski definition) is 1. The molecule has 2 nitrogen and oxygen atoms in total. The van der Waals surface area contributed by atoms with Crippen LogP contribution in [0.5, 0.6) is 0 Å². The number of nitrogens with zero attached hydrogens (tertiary/aromatic N) is 1. The number of rotatable bonds is 1. The second-order valence-electron chi connectivity index (χ2n) is 3.82. The number of carbonyl (C=O) groups is 1. The number of carbonyl (C=O) groups excluding carboxylic acids is 1. The van der Waals surface area contributed by atoms with Crippen LogP contribution >= 0.6 is 11.6 Å². The quantitative estimate of drug-likeness (QED) is 0.669. The Morgan fingerprint density at radius 2 is 2.07 bits per heavy atom. The molecule has 0 aromatic heterocycles. The maximum atomic E-state index is 11.5. The minimum Gasteiger partial charge on any atom is -0.337 e. The molecule has 1 aromatic carbocycles. The van der Waals surface area contributed by atoms with Crippen molar-refractivity contribution in [1.29, 1.82) is 0 Å². The second kappa shape index (κ2) is 4.67. The Labute approximate surface area is 94.8 Å². The van der Waals surface area contributed by atoms with E-state index in [0.29, 0.717) is 6.54 Å². The van der Waals surface area contributed by atoms with E-state index in [1.807, 2.05) is 11.0 Å². The molecule has 1 aliphatic rings. The summed E-state index contributed by atoms with van der Waals surface area (Å²) in [6, 6.07) is 8.31. The standard InChI is InChI=1S/C12H14ClNO/c13-8-12(15)14-7-3-6-10-4-1-2-5-11(10)9-14/h1-2,4-5H,3,6-9H2. The van der Waals surface area contributed by atoms with Gasteiger partial charge in [0.25, 0.3) is 0 Å². The molecule has 0 saturated carbocycles. The molecule has 80 valence electrons. The zero-order valence-corrected chi connectivity index (χ0v) is 9.33. The van der Waals surface area contributed by atoms with Crippen molar-refractivity contribution < 1.29 is 4.79 Å². The summed E-state index contributed by atoms with van der Waals surface area (Å²) in [6.45, 7) is 1.53. The van der Waals surface area contributed by atoms with Crippen molar-refractivity contribution in [2.24, 2.45) is 0 Å². The molecular formula is C12H14ClNO. The van der Waals surface area contributed by atoms with Gasteiger partial charge in [0.2, 0.25) is 5.91 Å². The van der Waals surface area contributed by atoms with Gasteiger partial charge in [-0.05, 0) is 24.0 Å². The van der Waals surface area contributed by atoms with Crippen LogP contribution in [0.25, 0.3) is 0 Å². The van der Waals surface area contributed by atoms with Gasteiger partial charge in [-0.1, -0.05) is 24.3 Å². The van der Waals surface area contributed by atoms with E-state index in [9.17, 15) is 4.79 Å². The molecule has 1 aliphatic heterocycles. The first-order chi connectivity index (χ1) is 7.31. The molecule has 0 aliphatic carbocycles. The predicted octanol–water partition coefficient (Wildman–Crippen LogP) is 2.20. The Balaban J connectivity index is 2.21. The van der Waals surface area contributed by atoms with Crippen LogP contribution in [0.1, 0.15) is 17.5 Å². The topological polar surface area (TPSA) is 20.3 Å².